The fourth-order valence-electron chi connectivity index (χ4n) is 1.23. The van der Waals surface area contributed by atoms with E-state index in [1.54, 1.807) is 4.57 Å². The van der Waals surface area contributed by atoms with E-state index in [9.17, 15) is 4.79 Å². The summed E-state index contributed by atoms with van der Waals surface area (Å²) < 4.78 is 6.14. The smallest absolute Gasteiger partial charge is 0.313 e. The Morgan fingerprint density at radius 2 is 2.33 bits per heavy atom. The minimum absolute atomic E-state index is 0.143. The fourth-order valence-corrected chi connectivity index (χ4v) is 1.91. The minimum atomic E-state index is -0.959. The maximum absolute atomic E-state index is 10.5. The molecule has 2 N–H and O–H groups in total. The van der Waals surface area contributed by atoms with E-state index in [4.69, 9.17) is 10.2 Å². The van der Waals surface area contributed by atoms with Crippen molar-refractivity contribution in [1.82, 2.24) is 24.9 Å². The van der Waals surface area contributed by atoms with Gasteiger partial charge in [-0.15, -0.1) is 10.2 Å². The standard InChI is InChI=1S/C8H9N5O4S/c14-2-6-10-11-8(18-3-7(15)16)13(6)1-5-9-4-17-12-5/h4,14H,1-3H2,(H,15,16). The Morgan fingerprint density at radius 3 is 2.94 bits per heavy atom. The highest BCUT2D eigenvalue weighted by Crippen LogP contribution is 2.17. The molecule has 0 radical (unpaired) electrons. The molecule has 2 heterocycles. The van der Waals surface area contributed by atoms with Gasteiger partial charge < -0.3 is 14.7 Å². The third-order valence-corrected chi connectivity index (χ3v) is 2.92. The molecule has 0 aliphatic rings. The number of hydrogen-bond donors (Lipinski definition) is 2. The zero-order chi connectivity index (χ0) is 13.0. The van der Waals surface area contributed by atoms with E-state index in [2.05, 4.69) is 24.9 Å². The molecule has 0 saturated heterocycles. The zero-order valence-corrected chi connectivity index (χ0v) is 9.87. The summed E-state index contributed by atoms with van der Waals surface area (Å²) in [5.41, 5.74) is 0. The lowest BCUT2D eigenvalue weighted by Gasteiger charge is -2.04. The number of aliphatic carboxylic acids is 1. The zero-order valence-electron chi connectivity index (χ0n) is 9.05. The number of carboxylic acid groups (broad SMARTS) is 1. The Labute approximate surface area is 105 Å². The number of carboxylic acids is 1. The number of hydrogen-bond acceptors (Lipinski definition) is 8. The summed E-state index contributed by atoms with van der Waals surface area (Å²) >= 11 is 1.01. The molecule has 2 rings (SSSR count). The predicted octanol–water partition coefficient (Wildman–Crippen LogP) is -0.622. The normalized spacial score (nSPS) is 10.7. The highest BCUT2D eigenvalue weighted by molar-refractivity contribution is 7.99. The Morgan fingerprint density at radius 1 is 1.50 bits per heavy atom. The van der Waals surface area contributed by atoms with Crippen LogP contribution >= 0.6 is 11.8 Å². The van der Waals surface area contributed by atoms with Gasteiger partial charge in [-0.3, -0.25) is 9.36 Å². The molecule has 0 unspecified atom stereocenters. The maximum Gasteiger partial charge on any atom is 0.313 e. The topological polar surface area (TPSA) is 127 Å². The van der Waals surface area contributed by atoms with E-state index in [1.807, 2.05) is 0 Å². The van der Waals surface area contributed by atoms with Crippen molar-refractivity contribution >= 4 is 17.7 Å². The van der Waals surface area contributed by atoms with Gasteiger partial charge in [-0.05, 0) is 0 Å². The molecule has 0 aromatic carbocycles. The lowest BCUT2D eigenvalue weighted by atomic mass is 10.5. The van der Waals surface area contributed by atoms with E-state index in [0.29, 0.717) is 16.8 Å². The van der Waals surface area contributed by atoms with E-state index in [0.717, 1.165) is 11.8 Å². The molecule has 0 fully saturated rings. The summed E-state index contributed by atoms with van der Waals surface area (Å²) in [6, 6.07) is 0. The quantitative estimate of drug-likeness (QED) is 0.660. The monoisotopic (exact) mass is 271 g/mol. The van der Waals surface area contributed by atoms with E-state index in [-0.39, 0.29) is 18.9 Å². The predicted molar refractivity (Wildman–Crippen MR) is 57.7 cm³/mol. The second-order valence-electron chi connectivity index (χ2n) is 3.17. The average Bonchev–Trinajstić information content (AvgIpc) is 2.97. The van der Waals surface area contributed by atoms with Gasteiger partial charge in [0.15, 0.2) is 16.8 Å². The molecule has 0 spiro atoms. The van der Waals surface area contributed by atoms with Gasteiger partial charge in [-0.2, -0.15) is 4.98 Å². The molecule has 0 saturated carbocycles. The first-order chi connectivity index (χ1) is 8.70. The van der Waals surface area contributed by atoms with Crippen molar-refractivity contribution in [3.8, 4) is 0 Å². The van der Waals surface area contributed by atoms with Crippen LogP contribution in [-0.2, 0) is 17.9 Å². The number of thioether (sulfide) groups is 1. The SMILES string of the molecule is O=C(O)CSc1nnc(CO)n1Cc1ncon1. The molecule has 2 aromatic heterocycles. The van der Waals surface area contributed by atoms with Gasteiger partial charge in [0.25, 0.3) is 0 Å². The Kier molecular flexibility index (Phi) is 3.89. The van der Waals surface area contributed by atoms with Crippen molar-refractivity contribution in [3.63, 3.8) is 0 Å². The Bertz CT molecular complexity index is 526. The van der Waals surface area contributed by atoms with Gasteiger partial charge in [-0.25, -0.2) is 0 Å². The van der Waals surface area contributed by atoms with Crippen molar-refractivity contribution in [2.45, 2.75) is 18.3 Å². The van der Waals surface area contributed by atoms with E-state index >= 15 is 0 Å². The second kappa shape index (κ2) is 5.60. The van der Waals surface area contributed by atoms with Gasteiger partial charge in [0.2, 0.25) is 6.39 Å². The van der Waals surface area contributed by atoms with Crippen molar-refractivity contribution in [2.24, 2.45) is 0 Å². The lowest BCUT2D eigenvalue weighted by Crippen LogP contribution is -2.09. The Hall–Kier alpha value is -1.94. The van der Waals surface area contributed by atoms with E-state index < -0.39 is 5.97 Å². The molecular formula is C8H9N5O4S. The molecule has 2 aromatic rings. The van der Waals surface area contributed by atoms with Crippen LogP contribution in [-0.4, -0.2) is 46.8 Å². The first kappa shape index (κ1) is 12.5. The molecular weight excluding hydrogens is 262 g/mol. The molecule has 0 aliphatic heterocycles. The molecule has 0 bridgehead atoms. The highest BCUT2D eigenvalue weighted by atomic mass is 32.2. The molecule has 0 amide bonds. The summed E-state index contributed by atoms with van der Waals surface area (Å²) in [5, 5.41) is 29.3. The van der Waals surface area contributed by atoms with Crippen LogP contribution < -0.4 is 0 Å². The number of carbonyl (C=O) groups is 1. The average molecular weight is 271 g/mol. The van der Waals surface area contributed by atoms with Crippen LogP contribution in [0.1, 0.15) is 11.6 Å². The van der Waals surface area contributed by atoms with Crippen LogP contribution in [0.25, 0.3) is 0 Å². The van der Waals surface area contributed by atoms with Crippen molar-refractivity contribution in [3.05, 3.63) is 18.0 Å². The fraction of sp³-hybridized carbons (Fsp3) is 0.375. The van der Waals surface area contributed by atoms with Crippen LogP contribution in [0, 0.1) is 0 Å². The van der Waals surface area contributed by atoms with Crippen molar-refractivity contribution in [2.75, 3.05) is 5.75 Å². The van der Waals surface area contributed by atoms with Crippen LogP contribution in [0.3, 0.4) is 0 Å². The molecule has 96 valence electrons. The summed E-state index contributed by atoms with van der Waals surface area (Å²) in [7, 11) is 0. The van der Waals surface area contributed by atoms with Gasteiger partial charge in [0.05, 0.1) is 12.3 Å². The summed E-state index contributed by atoms with van der Waals surface area (Å²) in [6.07, 6.45) is 1.18. The number of aromatic nitrogens is 5. The largest absolute Gasteiger partial charge is 0.481 e. The number of aliphatic hydroxyl groups excluding tert-OH is 1. The third-order valence-electron chi connectivity index (χ3n) is 1.97. The lowest BCUT2D eigenvalue weighted by molar-refractivity contribution is -0.133. The van der Waals surface area contributed by atoms with Crippen LogP contribution in [0.5, 0.6) is 0 Å². The summed E-state index contributed by atoms with van der Waals surface area (Å²) in [6.45, 7) is -0.0974. The molecule has 10 heteroatoms. The summed E-state index contributed by atoms with van der Waals surface area (Å²) in [5.74, 6) is -0.399. The molecule has 0 aliphatic carbocycles. The van der Waals surface area contributed by atoms with Crippen molar-refractivity contribution < 1.29 is 19.5 Å². The van der Waals surface area contributed by atoms with Gasteiger partial charge in [0, 0.05) is 0 Å². The minimum Gasteiger partial charge on any atom is -0.481 e. The van der Waals surface area contributed by atoms with Crippen LogP contribution in [0.4, 0.5) is 0 Å². The number of rotatable bonds is 6. The van der Waals surface area contributed by atoms with Crippen molar-refractivity contribution in [1.29, 1.82) is 0 Å². The highest BCUT2D eigenvalue weighted by Gasteiger charge is 2.15. The first-order valence-corrected chi connectivity index (χ1v) is 5.82. The maximum atomic E-state index is 10.5. The van der Waals surface area contributed by atoms with Crippen LogP contribution in [0.15, 0.2) is 16.1 Å². The Balaban J connectivity index is 2.19. The number of nitrogens with zero attached hydrogens (tertiary/aromatic N) is 5. The first-order valence-electron chi connectivity index (χ1n) is 4.83. The summed E-state index contributed by atoms with van der Waals surface area (Å²) in [4.78, 5) is 14.4. The van der Waals surface area contributed by atoms with Gasteiger partial charge >= 0.3 is 5.97 Å². The van der Waals surface area contributed by atoms with Gasteiger partial charge in [0.1, 0.15) is 6.61 Å². The van der Waals surface area contributed by atoms with Crippen LogP contribution in [0.2, 0.25) is 0 Å². The number of aliphatic hydroxyl groups is 1. The molecule has 9 nitrogen and oxygen atoms in total. The van der Waals surface area contributed by atoms with Gasteiger partial charge in [-0.1, -0.05) is 16.9 Å². The third kappa shape index (κ3) is 2.84. The molecule has 18 heavy (non-hydrogen) atoms. The second-order valence-corrected chi connectivity index (χ2v) is 4.12. The van der Waals surface area contributed by atoms with E-state index in [1.165, 1.54) is 6.39 Å². The molecule has 0 atom stereocenters.